The quantitative estimate of drug-likeness (QED) is 0.150. The summed E-state index contributed by atoms with van der Waals surface area (Å²) in [5.74, 6) is 0. The van der Waals surface area contributed by atoms with E-state index in [-0.39, 0.29) is 21.1 Å². The minimum Gasteiger partial charge on any atom is -0.454 e. The number of hydrogen-bond donors (Lipinski definition) is 0. The summed E-state index contributed by atoms with van der Waals surface area (Å²) in [4.78, 5) is 23.0. The van der Waals surface area contributed by atoms with E-state index >= 15 is 0 Å². The van der Waals surface area contributed by atoms with Gasteiger partial charge in [0.25, 0.3) is 0 Å². The molecular formula is C53H38N4PtS2. The summed E-state index contributed by atoms with van der Waals surface area (Å²) in [6, 6.07) is 54.8. The molecule has 0 saturated heterocycles. The Hall–Kier alpha value is -6.04. The van der Waals surface area contributed by atoms with Crippen molar-refractivity contribution in [1.29, 1.82) is 0 Å². The first-order valence-corrected chi connectivity index (χ1v) is 21.3. The van der Waals surface area contributed by atoms with Crippen molar-refractivity contribution in [2.75, 3.05) is 0 Å². The van der Waals surface area contributed by atoms with E-state index in [0.717, 1.165) is 65.1 Å². The Morgan fingerprint density at radius 3 is 1.55 bits per heavy atom. The second-order valence-corrected chi connectivity index (χ2v) is 17.1. The van der Waals surface area contributed by atoms with Crippen LogP contribution in [0.15, 0.2) is 163 Å². The van der Waals surface area contributed by atoms with E-state index in [4.69, 9.17) is 19.9 Å². The third kappa shape index (κ3) is 7.52. The fourth-order valence-electron chi connectivity index (χ4n) is 8.11. The molecule has 292 valence electrons. The SMILES string of the molecule is Cc1cccc(C)c1-c1cc2ccnc(-c3[c-]c(N=c4cc(-c5ccccc5)cc(-c5nccc6cc(-c7c(C)cccc7C)sc56)[n-]4)cc(-c4ccccc4)c3)c2s1.[Pt+2]. The number of benzene rings is 5. The number of aromatic nitrogens is 3. The van der Waals surface area contributed by atoms with Crippen molar-refractivity contribution in [3.05, 3.63) is 192 Å². The Kier molecular flexibility index (Phi) is 10.9. The van der Waals surface area contributed by atoms with Crippen molar-refractivity contribution in [3.63, 3.8) is 0 Å². The van der Waals surface area contributed by atoms with E-state index in [1.165, 1.54) is 43.1 Å². The van der Waals surface area contributed by atoms with Crippen LogP contribution in [0.25, 0.3) is 86.0 Å². The largest absolute Gasteiger partial charge is 2.00 e. The molecule has 0 N–H and O–H groups in total. The molecule has 60 heavy (non-hydrogen) atoms. The Bertz CT molecular complexity index is 3230. The van der Waals surface area contributed by atoms with Gasteiger partial charge in [-0.3, -0.25) is 4.98 Å². The zero-order chi connectivity index (χ0) is 40.0. The first kappa shape index (κ1) is 39.4. The van der Waals surface area contributed by atoms with Gasteiger partial charge in [-0.1, -0.05) is 109 Å². The zero-order valence-electron chi connectivity index (χ0n) is 33.4. The number of thiophene rings is 2. The predicted molar refractivity (Wildman–Crippen MR) is 248 cm³/mol. The Balaban J connectivity index is 0.00000462. The van der Waals surface area contributed by atoms with Crippen molar-refractivity contribution in [3.8, 4) is 65.8 Å². The zero-order valence-corrected chi connectivity index (χ0v) is 37.3. The summed E-state index contributed by atoms with van der Waals surface area (Å²) in [6.07, 6.45) is 3.79. The van der Waals surface area contributed by atoms with Gasteiger partial charge >= 0.3 is 21.1 Å². The topological polar surface area (TPSA) is 52.2 Å². The van der Waals surface area contributed by atoms with Gasteiger partial charge in [0, 0.05) is 32.5 Å². The Morgan fingerprint density at radius 2 is 1.00 bits per heavy atom. The number of fused-ring (bicyclic) bond motifs is 2. The summed E-state index contributed by atoms with van der Waals surface area (Å²) in [5, 5.41) is 2.31. The number of aryl methyl sites for hydroxylation is 4. The van der Waals surface area contributed by atoms with E-state index in [9.17, 15) is 0 Å². The van der Waals surface area contributed by atoms with Crippen LogP contribution >= 0.6 is 22.7 Å². The van der Waals surface area contributed by atoms with E-state index in [0.29, 0.717) is 11.2 Å². The summed E-state index contributed by atoms with van der Waals surface area (Å²) in [7, 11) is 0. The minimum atomic E-state index is 0. The van der Waals surface area contributed by atoms with Gasteiger partial charge in [0.15, 0.2) is 0 Å². The monoisotopic (exact) mass is 989 g/mol. The maximum Gasteiger partial charge on any atom is 2.00 e. The first-order chi connectivity index (χ1) is 28.9. The van der Waals surface area contributed by atoms with Crippen LogP contribution in [-0.2, 0) is 21.1 Å². The molecule has 0 unspecified atom stereocenters. The van der Waals surface area contributed by atoms with Crippen molar-refractivity contribution in [1.82, 2.24) is 15.0 Å². The Morgan fingerprint density at radius 1 is 0.500 bits per heavy atom. The molecule has 5 aromatic heterocycles. The molecular weight excluding hydrogens is 952 g/mol. The summed E-state index contributed by atoms with van der Waals surface area (Å²) < 4.78 is 2.23. The van der Waals surface area contributed by atoms with Gasteiger partial charge in [0.2, 0.25) is 0 Å². The molecule has 10 aromatic rings. The average Bonchev–Trinajstić information content (AvgIpc) is 3.89. The summed E-state index contributed by atoms with van der Waals surface area (Å²) in [6.45, 7) is 8.73. The number of nitrogens with zero attached hydrogens (tertiary/aromatic N) is 4. The second-order valence-electron chi connectivity index (χ2n) is 15.0. The number of hydrogen-bond acceptors (Lipinski definition) is 5. The molecule has 0 spiro atoms. The summed E-state index contributed by atoms with van der Waals surface area (Å²) in [5.41, 5.74) is 16.5. The molecule has 0 aliphatic carbocycles. The smallest absolute Gasteiger partial charge is 0.454 e. The molecule has 0 radical (unpaired) electrons. The van der Waals surface area contributed by atoms with Gasteiger partial charge in [-0.2, -0.15) is 0 Å². The maximum atomic E-state index is 5.28. The second kappa shape index (κ2) is 16.5. The van der Waals surface area contributed by atoms with Crippen molar-refractivity contribution in [2.45, 2.75) is 27.7 Å². The average molecular weight is 990 g/mol. The molecule has 0 amide bonds. The van der Waals surface area contributed by atoms with Crippen LogP contribution in [0, 0.1) is 33.8 Å². The molecule has 7 heteroatoms. The van der Waals surface area contributed by atoms with Crippen LogP contribution in [0.3, 0.4) is 0 Å². The normalized spacial score (nSPS) is 11.6. The standard InChI is InChI=1S/C53H38N4S2.Pt/c1-32-13-11-14-33(2)48(32)45-29-38-21-23-54-50(52(38)58-45)42-25-40(36-17-7-5-8-18-36)26-43(27-42)56-47-31-41(37-19-9-6-10-20-37)28-44(57-47)51-53-39(22-24-55-51)30-46(59-53)49-34(3)15-12-16-35(49)4;/h5-26,28-31H,1-4H3;/q-2;+2. The van der Waals surface area contributed by atoms with E-state index in [2.05, 4.69) is 167 Å². The van der Waals surface area contributed by atoms with Crippen molar-refractivity contribution in [2.24, 2.45) is 4.99 Å². The van der Waals surface area contributed by atoms with Crippen LogP contribution in [0.5, 0.6) is 0 Å². The fourth-order valence-corrected chi connectivity index (χ4v) is 10.8. The van der Waals surface area contributed by atoms with Crippen molar-refractivity contribution < 1.29 is 21.1 Å². The molecule has 4 nitrogen and oxygen atoms in total. The molecule has 0 atom stereocenters. The van der Waals surface area contributed by atoms with E-state index < -0.39 is 0 Å². The summed E-state index contributed by atoms with van der Waals surface area (Å²) >= 11 is 3.55. The van der Waals surface area contributed by atoms with Crippen LogP contribution < -0.4 is 10.5 Å². The minimum absolute atomic E-state index is 0. The molecule has 0 aliphatic heterocycles. The number of rotatable bonds is 7. The molecule has 0 fully saturated rings. The van der Waals surface area contributed by atoms with Crippen LogP contribution in [0.4, 0.5) is 5.69 Å². The van der Waals surface area contributed by atoms with Crippen LogP contribution in [0.2, 0.25) is 0 Å². The molecule has 5 heterocycles. The van der Waals surface area contributed by atoms with Gasteiger partial charge in [-0.15, -0.1) is 57.7 Å². The van der Waals surface area contributed by atoms with Gasteiger partial charge in [0.1, 0.15) is 0 Å². The molecule has 0 saturated carbocycles. The Labute approximate surface area is 372 Å². The van der Waals surface area contributed by atoms with E-state index in [1.807, 2.05) is 24.5 Å². The van der Waals surface area contributed by atoms with Gasteiger partial charge in [-0.05, 0) is 125 Å². The van der Waals surface area contributed by atoms with E-state index in [1.54, 1.807) is 22.7 Å². The predicted octanol–water partition coefficient (Wildman–Crippen LogP) is 14.1. The van der Waals surface area contributed by atoms with Crippen LogP contribution in [0.1, 0.15) is 22.3 Å². The molecule has 0 bridgehead atoms. The van der Waals surface area contributed by atoms with Gasteiger partial charge in [0.05, 0.1) is 10.4 Å². The van der Waals surface area contributed by atoms with Gasteiger partial charge < -0.3 is 15.0 Å². The first-order valence-electron chi connectivity index (χ1n) is 19.7. The molecule has 5 aromatic carbocycles. The third-order valence-electron chi connectivity index (χ3n) is 10.9. The fraction of sp³-hybridized carbons (Fsp3) is 0.0755. The number of pyridine rings is 3. The molecule has 0 aliphatic rings. The van der Waals surface area contributed by atoms with Gasteiger partial charge in [-0.25, -0.2) is 0 Å². The van der Waals surface area contributed by atoms with Crippen molar-refractivity contribution >= 4 is 48.5 Å². The molecule has 10 rings (SSSR count). The maximum absolute atomic E-state index is 5.28. The van der Waals surface area contributed by atoms with Crippen LogP contribution in [-0.4, -0.2) is 9.97 Å². The third-order valence-corrected chi connectivity index (χ3v) is 13.3.